The Hall–Kier alpha value is -1.20. The number of benzene rings is 1. The van der Waals surface area contributed by atoms with Gasteiger partial charge in [0.1, 0.15) is 11.4 Å². The molecule has 2 aliphatic rings. The summed E-state index contributed by atoms with van der Waals surface area (Å²) < 4.78 is 7.27. The van der Waals surface area contributed by atoms with E-state index in [4.69, 9.17) is 16.3 Å². The number of carbonyl (C=O) groups is 1. The Morgan fingerprint density at radius 2 is 2.23 bits per heavy atom. The fraction of sp³-hybridized carbons (Fsp3) is 0.476. The molecule has 1 N–H and O–H groups in total. The summed E-state index contributed by atoms with van der Waals surface area (Å²) in [7, 11) is 0. The number of carbonyl (C=O) groups excluding carboxylic acids is 1. The molecule has 138 valence electrons. The van der Waals surface area contributed by atoms with Crippen LogP contribution in [0.15, 0.2) is 30.3 Å². The Labute approximate surface area is 163 Å². The van der Waals surface area contributed by atoms with Crippen LogP contribution in [0, 0.1) is 0 Å². The molecule has 0 amide bonds. The Morgan fingerprint density at radius 1 is 1.38 bits per heavy atom. The predicted molar refractivity (Wildman–Crippen MR) is 106 cm³/mol. The van der Waals surface area contributed by atoms with Crippen LogP contribution in [-0.4, -0.2) is 18.4 Å². The van der Waals surface area contributed by atoms with Gasteiger partial charge in [-0.15, -0.1) is 11.3 Å². The second kappa shape index (κ2) is 7.08. The molecule has 0 aliphatic carbocycles. The zero-order valence-electron chi connectivity index (χ0n) is 15.2. The molecule has 5 heteroatoms. The second-order valence-electron chi connectivity index (χ2n) is 7.65. The number of Topliss-reactive ketones (excluding diaryl/α,β-unsaturated/α-hetero) is 1. The second-order valence-corrected chi connectivity index (χ2v) is 9.33. The number of ether oxygens (including phenoxy) is 1. The third-order valence-corrected chi connectivity index (χ3v) is 6.90. The summed E-state index contributed by atoms with van der Waals surface area (Å²) in [6.07, 6.45) is 3.29. The normalized spacial score (nSPS) is 28.1. The first-order chi connectivity index (χ1) is 12.4. The molecule has 3 unspecified atom stereocenters. The maximum Gasteiger partial charge on any atom is 0.134 e. The molecule has 0 saturated carbocycles. The number of rotatable bonds is 3. The molecule has 1 aromatic heterocycles. The van der Waals surface area contributed by atoms with Crippen LogP contribution in [0.3, 0.4) is 0 Å². The highest BCUT2D eigenvalue weighted by Gasteiger charge is 2.46. The summed E-state index contributed by atoms with van der Waals surface area (Å²) in [4.78, 5) is 12.8. The third kappa shape index (κ3) is 3.48. The summed E-state index contributed by atoms with van der Waals surface area (Å²) in [6, 6.07) is 11.1. The van der Waals surface area contributed by atoms with Crippen molar-refractivity contribution in [3.8, 4) is 0 Å². The molecule has 4 rings (SSSR count). The molecule has 2 aromatic rings. The molecule has 2 aliphatic heterocycles. The molecule has 0 radical (unpaired) electrons. The van der Waals surface area contributed by atoms with Gasteiger partial charge in [0, 0.05) is 29.8 Å². The third-order valence-electron chi connectivity index (χ3n) is 5.40. The van der Waals surface area contributed by atoms with Crippen molar-refractivity contribution in [3.05, 3.63) is 56.2 Å². The monoisotopic (exact) mass is 389 g/mol. The lowest BCUT2D eigenvalue weighted by molar-refractivity contribution is -0.116. The van der Waals surface area contributed by atoms with Gasteiger partial charge in [-0.25, -0.2) is 0 Å². The summed E-state index contributed by atoms with van der Waals surface area (Å²) in [5.41, 5.74) is 3.41. The van der Waals surface area contributed by atoms with Crippen molar-refractivity contribution < 1.29 is 9.53 Å². The van der Waals surface area contributed by atoms with E-state index >= 15 is 0 Å². The van der Waals surface area contributed by atoms with E-state index in [-0.39, 0.29) is 17.4 Å². The maximum atomic E-state index is 11.5. The smallest absolute Gasteiger partial charge is 0.134 e. The number of ketones is 1. The number of thiophene rings is 1. The van der Waals surface area contributed by atoms with Crippen molar-refractivity contribution in [2.45, 2.75) is 57.2 Å². The van der Waals surface area contributed by atoms with Gasteiger partial charge < -0.3 is 10.1 Å². The van der Waals surface area contributed by atoms with Crippen LogP contribution in [-0.2, 0) is 28.0 Å². The van der Waals surface area contributed by atoms with Crippen LogP contribution in [0.2, 0.25) is 4.34 Å². The quantitative estimate of drug-likeness (QED) is 0.818. The standard InChI is InChI=1S/C21H24ClNO2S/c1-13-11-21(20-17(6-7-25-21)10-19(22)26-20)12-18(23-13)16-5-3-4-15(9-16)8-14(2)24/h3-5,9-10,13,18,23H,6-8,11-12H2,1-2H3. The highest BCUT2D eigenvalue weighted by molar-refractivity contribution is 7.16. The molecule has 1 saturated heterocycles. The first-order valence-electron chi connectivity index (χ1n) is 9.22. The Balaban J connectivity index is 1.67. The molecule has 3 heterocycles. The summed E-state index contributed by atoms with van der Waals surface area (Å²) in [5.74, 6) is 0.192. The minimum absolute atomic E-state index is 0.192. The molecule has 3 atom stereocenters. The average Bonchev–Trinajstić information content (AvgIpc) is 2.96. The molecule has 1 aromatic carbocycles. The van der Waals surface area contributed by atoms with Crippen molar-refractivity contribution in [1.29, 1.82) is 0 Å². The van der Waals surface area contributed by atoms with Crippen molar-refractivity contribution in [3.63, 3.8) is 0 Å². The molecule has 0 bridgehead atoms. The lowest BCUT2D eigenvalue weighted by Crippen LogP contribution is -2.49. The van der Waals surface area contributed by atoms with Gasteiger partial charge in [0.2, 0.25) is 0 Å². The number of halogens is 1. The van der Waals surface area contributed by atoms with E-state index in [2.05, 4.69) is 36.5 Å². The van der Waals surface area contributed by atoms with Gasteiger partial charge in [0.25, 0.3) is 0 Å². The Kier molecular flexibility index (Phi) is 4.95. The number of fused-ring (bicyclic) bond motifs is 2. The summed E-state index contributed by atoms with van der Waals surface area (Å²) >= 11 is 8.00. The zero-order valence-corrected chi connectivity index (χ0v) is 16.8. The predicted octanol–water partition coefficient (Wildman–Crippen LogP) is 4.81. The Morgan fingerprint density at radius 3 is 3.04 bits per heavy atom. The molecular formula is C21H24ClNO2S. The van der Waals surface area contributed by atoms with Crippen molar-refractivity contribution in [2.75, 3.05) is 6.61 Å². The average molecular weight is 390 g/mol. The van der Waals surface area contributed by atoms with E-state index in [1.807, 2.05) is 6.07 Å². The largest absolute Gasteiger partial charge is 0.369 e. The number of piperidine rings is 1. The van der Waals surface area contributed by atoms with Crippen molar-refractivity contribution in [2.24, 2.45) is 0 Å². The minimum Gasteiger partial charge on any atom is -0.369 e. The van der Waals surface area contributed by atoms with E-state index < -0.39 is 0 Å². The number of nitrogens with one attached hydrogen (secondary N) is 1. The van der Waals surface area contributed by atoms with Crippen LogP contribution in [0.1, 0.15) is 54.3 Å². The van der Waals surface area contributed by atoms with Gasteiger partial charge in [0.15, 0.2) is 0 Å². The molecule has 1 spiro atoms. The van der Waals surface area contributed by atoms with Gasteiger partial charge in [-0.2, -0.15) is 0 Å². The first kappa shape index (κ1) is 18.2. The van der Waals surface area contributed by atoms with Crippen molar-refractivity contribution in [1.82, 2.24) is 5.32 Å². The van der Waals surface area contributed by atoms with E-state index in [1.54, 1.807) is 18.3 Å². The van der Waals surface area contributed by atoms with Crippen LogP contribution in [0.5, 0.6) is 0 Å². The van der Waals surface area contributed by atoms with Gasteiger partial charge >= 0.3 is 0 Å². The lowest BCUT2D eigenvalue weighted by atomic mass is 9.78. The van der Waals surface area contributed by atoms with Gasteiger partial charge in [-0.05, 0) is 49.4 Å². The van der Waals surface area contributed by atoms with E-state index in [1.165, 1.54) is 16.0 Å². The van der Waals surface area contributed by atoms with Crippen molar-refractivity contribution >= 4 is 28.7 Å². The SMILES string of the molecule is CC(=O)Cc1cccc(C2CC3(CC(C)N2)OCCc2cc(Cl)sc23)c1. The van der Waals surface area contributed by atoms with Crippen LogP contribution < -0.4 is 5.32 Å². The first-order valence-corrected chi connectivity index (χ1v) is 10.4. The van der Waals surface area contributed by atoms with E-state index in [0.29, 0.717) is 12.5 Å². The maximum absolute atomic E-state index is 11.5. The topological polar surface area (TPSA) is 38.3 Å². The molecular weight excluding hydrogens is 366 g/mol. The highest BCUT2D eigenvalue weighted by Crippen LogP contribution is 2.50. The lowest BCUT2D eigenvalue weighted by Gasteiger charge is -2.46. The van der Waals surface area contributed by atoms with Crippen LogP contribution in [0.25, 0.3) is 0 Å². The number of hydrogen-bond acceptors (Lipinski definition) is 4. The van der Waals surface area contributed by atoms with E-state index in [0.717, 1.165) is 35.8 Å². The zero-order chi connectivity index (χ0) is 18.3. The fourth-order valence-electron chi connectivity index (χ4n) is 4.48. The fourth-order valence-corrected chi connectivity index (χ4v) is 5.94. The van der Waals surface area contributed by atoms with Gasteiger partial charge in [-0.3, -0.25) is 4.79 Å². The van der Waals surface area contributed by atoms with Crippen LogP contribution in [0.4, 0.5) is 0 Å². The summed E-state index contributed by atoms with van der Waals surface area (Å²) in [5, 5.41) is 3.73. The summed E-state index contributed by atoms with van der Waals surface area (Å²) in [6.45, 7) is 4.62. The molecule has 26 heavy (non-hydrogen) atoms. The molecule has 3 nitrogen and oxygen atoms in total. The minimum atomic E-state index is -0.253. The Bertz CT molecular complexity index is 833. The highest BCUT2D eigenvalue weighted by atomic mass is 35.5. The van der Waals surface area contributed by atoms with Gasteiger partial charge in [0.05, 0.1) is 10.9 Å². The number of hydrogen-bond donors (Lipinski definition) is 1. The van der Waals surface area contributed by atoms with Gasteiger partial charge in [-0.1, -0.05) is 35.9 Å². The molecule has 1 fully saturated rings. The van der Waals surface area contributed by atoms with Crippen LogP contribution >= 0.6 is 22.9 Å². The van der Waals surface area contributed by atoms with E-state index in [9.17, 15) is 4.79 Å².